The van der Waals surface area contributed by atoms with Crippen LogP contribution in [-0.2, 0) is 6.54 Å². The van der Waals surface area contributed by atoms with Crippen LogP contribution in [0.4, 0.5) is 0 Å². The normalized spacial score (nSPS) is 10.9. The number of benzene rings is 1. The van der Waals surface area contributed by atoms with Crippen LogP contribution < -0.4 is 15.2 Å². The molecule has 0 saturated carbocycles. The second-order valence-corrected chi connectivity index (χ2v) is 5.35. The van der Waals surface area contributed by atoms with E-state index >= 15 is 0 Å². The average molecular weight is 289 g/mol. The predicted octanol–water partition coefficient (Wildman–Crippen LogP) is 2.55. The van der Waals surface area contributed by atoms with Gasteiger partial charge in [0.05, 0.1) is 26.5 Å². The van der Waals surface area contributed by atoms with Gasteiger partial charge in [0, 0.05) is 23.9 Å². The molecular weight excluding hydrogens is 266 g/mol. The maximum atomic E-state index is 5.78. The topological polar surface area (TPSA) is 62.3 Å². The van der Waals surface area contributed by atoms with Crippen molar-refractivity contribution in [2.75, 3.05) is 20.3 Å². The molecule has 0 bridgehead atoms. The Balaban J connectivity index is 2.27. The van der Waals surface area contributed by atoms with Gasteiger partial charge in [0.2, 0.25) is 0 Å². The summed E-state index contributed by atoms with van der Waals surface area (Å²) in [5.74, 6) is 2.13. The van der Waals surface area contributed by atoms with Crippen molar-refractivity contribution in [3.8, 4) is 22.6 Å². The highest BCUT2D eigenvalue weighted by Crippen LogP contribution is 2.33. The molecule has 0 atom stereocenters. The summed E-state index contributed by atoms with van der Waals surface area (Å²) in [6.45, 7) is 6.21. The van der Waals surface area contributed by atoms with Gasteiger partial charge in [-0.05, 0) is 24.1 Å². The van der Waals surface area contributed by atoms with Crippen LogP contribution in [0.1, 0.15) is 13.8 Å². The van der Waals surface area contributed by atoms with Gasteiger partial charge < -0.3 is 15.2 Å². The quantitative estimate of drug-likeness (QED) is 0.851. The Hall–Kier alpha value is -2.01. The third-order valence-electron chi connectivity index (χ3n) is 3.06. The van der Waals surface area contributed by atoms with Crippen molar-refractivity contribution in [2.45, 2.75) is 20.4 Å². The summed E-state index contributed by atoms with van der Waals surface area (Å²) >= 11 is 0. The summed E-state index contributed by atoms with van der Waals surface area (Å²) in [4.78, 5) is 0. The molecule has 0 amide bonds. The van der Waals surface area contributed by atoms with Crippen LogP contribution in [0.2, 0.25) is 0 Å². The standard InChI is InChI=1S/C16H23N3O2/c1-12(2)11-21-14-4-5-16(20-3)15(8-14)13-9-18-19(10-13)7-6-17/h4-5,8-10,12H,6-7,11,17H2,1-3H3. The molecule has 0 radical (unpaired) electrons. The molecule has 0 spiro atoms. The van der Waals surface area contributed by atoms with Crippen molar-refractivity contribution < 1.29 is 9.47 Å². The maximum absolute atomic E-state index is 5.78. The SMILES string of the molecule is COc1ccc(OCC(C)C)cc1-c1cnn(CCN)c1. The van der Waals surface area contributed by atoms with Crippen LogP contribution in [0.15, 0.2) is 30.6 Å². The van der Waals surface area contributed by atoms with E-state index in [0.717, 1.165) is 22.6 Å². The summed E-state index contributed by atoms with van der Waals surface area (Å²) in [6, 6.07) is 5.84. The average Bonchev–Trinajstić information content (AvgIpc) is 2.93. The molecule has 0 aliphatic carbocycles. The molecule has 1 aromatic heterocycles. The Kier molecular flexibility index (Phi) is 5.22. The summed E-state index contributed by atoms with van der Waals surface area (Å²) in [6.07, 6.45) is 3.79. The first-order valence-electron chi connectivity index (χ1n) is 7.17. The Morgan fingerprint density at radius 1 is 1.33 bits per heavy atom. The number of ether oxygens (including phenoxy) is 2. The zero-order valence-electron chi connectivity index (χ0n) is 12.9. The van der Waals surface area contributed by atoms with Crippen molar-refractivity contribution in [1.82, 2.24) is 9.78 Å². The molecule has 2 rings (SSSR count). The van der Waals surface area contributed by atoms with E-state index in [1.54, 1.807) is 7.11 Å². The largest absolute Gasteiger partial charge is 0.496 e. The highest BCUT2D eigenvalue weighted by atomic mass is 16.5. The van der Waals surface area contributed by atoms with Gasteiger partial charge in [-0.3, -0.25) is 4.68 Å². The van der Waals surface area contributed by atoms with E-state index in [0.29, 0.717) is 25.6 Å². The van der Waals surface area contributed by atoms with Gasteiger partial charge in [0.15, 0.2) is 0 Å². The first kappa shape index (κ1) is 15.4. The smallest absolute Gasteiger partial charge is 0.127 e. The lowest BCUT2D eigenvalue weighted by Crippen LogP contribution is -2.09. The Bertz CT molecular complexity index is 579. The molecule has 21 heavy (non-hydrogen) atoms. The fourth-order valence-electron chi connectivity index (χ4n) is 2.02. The highest BCUT2D eigenvalue weighted by molar-refractivity contribution is 5.71. The number of hydrogen-bond donors (Lipinski definition) is 1. The molecule has 5 heteroatoms. The zero-order chi connectivity index (χ0) is 15.2. The summed E-state index contributed by atoms with van der Waals surface area (Å²) in [5.41, 5.74) is 7.52. The van der Waals surface area contributed by atoms with E-state index < -0.39 is 0 Å². The summed E-state index contributed by atoms with van der Waals surface area (Å²) in [5, 5.41) is 4.30. The van der Waals surface area contributed by atoms with Crippen LogP contribution in [0.25, 0.3) is 11.1 Å². The molecule has 0 aliphatic rings. The van der Waals surface area contributed by atoms with Crippen molar-refractivity contribution >= 4 is 0 Å². The number of rotatable bonds is 7. The van der Waals surface area contributed by atoms with Crippen LogP contribution in [-0.4, -0.2) is 30.0 Å². The minimum absolute atomic E-state index is 0.489. The molecule has 1 aromatic carbocycles. The molecular formula is C16H23N3O2. The van der Waals surface area contributed by atoms with Gasteiger partial charge >= 0.3 is 0 Å². The van der Waals surface area contributed by atoms with Crippen molar-refractivity contribution in [3.63, 3.8) is 0 Å². The Morgan fingerprint density at radius 2 is 2.14 bits per heavy atom. The number of methoxy groups -OCH3 is 1. The lowest BCUT2D eigenvalue weighted by Gasteiger charge is -2.12. The number of aromatic nitrogens is 2. The van der Waals surface area contributed by atoms with E-state index in [2.05, 4.69) is 18.9 Å². The fourth-order valence-corrected chi connectivity index (χ4v) is 2.02. The molecule has 0 saturated heterocycles. The first-order chi connectivity index (χ1) is 10.1. The number of hydrogen-bond acceptors (Lipinski definition) is 4. The van der Waals surface area contributed by atoms with Gasteiger partial charge in [-0.1, -0.05) is 13.8 Å². The van der Waals surface area contributed by atoms with Crippen molar-refractivity contribution in [3.05, 3.63) is 30.6 Å². The van der Waals surface area contributed by atoms with Crippen LogP contribution in [0.5, 0.6) is 11.5 Å². The maximum Gasteiger partial charge on any atom is 0.127 e. The predicted molar refractivity (Wildman–Crippen MR) is 83.6 cm³/mol. The second kappa shape index (κ2) is 7.13. The van der Waals surface area contributed by atoms with Gasteiger partial charge in [0.25, 0.3) is 0 Å². The van der Waals surface area contributed by atoms with Crippen LogP contribution >= 0.6 is 0 Å². The first-order valence-corrected chi connectivity index (χ1v) is 7.17. The van der Waals surface area contributed by atoms with E-state index in [9.17, 15) is 0 Å². The monoisotopic (exact) mass is 289 g/mol. The molecule has 5 nitrogen and oxygen atoms in total. The van der Waals surface area contributed by atoms with E-state index in [4.69, 9.17) is 15.2 Å². The van der Waals surface area contributed by atoms with Crippen LogP contribution in [0.3, 0.4) is 0 Å². The number of nitrogens with zero attached hydrogens (tertiary/aromatic N) is 2. The minimum atomic E-state index is 0.489. The minimum Gasteiger partial charge on any atom is -0.496 e. The molecule has 0 unspecified atom stereocenters. The summed E-state index contributed by atoms with van der Waals surface area (Å²) < 4.78 is 13.0. The molecule has 114 valence electrons. The van der Waals surface area contributed by atoms with Gasteiger partial charge in [-0.15, -0.1) is 0 Å². The van der Waals surface area contributed by atoms with Gasteiger partial charge in [-0.25, -0.2) is 0 Å². The van der Waals surface area contributed by atoms with E-state index in [1.165, 1.54) is 0 Å². The summed E-state index contributed by atoms with van der Waals surface area (Å²) in [7, 11) is 1.66. The lowest BCUT2D eigenvalue weighted by molar-refractivity contribution is 0.271. The van der Waals surface area contributed by atoms with Crippen LogP contribution in [0, 0.1) is 5.92 Å². The second-order valence-electron chi connectivity index (χ2n) is 5.35. The Labute approximate surface area is 125 Å². The van der Waals surface area contributed by atoms with Gasteiger partial charge in [-0.2, -0.15) is 5.10 Å². The van der Waals surface area contributed by atoms with E-state index in [-0.39, 0.29) is 0 Å². The number of nitrogens with two attached hydrogens (primary N) is 1. The fraction of sp³-hybridized carbons (Fsp3) is 0.438. The zero-order valence-corrected chi connectivity index (χ0v) is 12.9. The van der Waals surface area contributed by atoms with Gasteiger partial charge in [0.1, 0.15) is 11.5 Å². The van der Waals surface area contributed by atoms with E-state index in [1.807, 2.05) is 35.3 Å². The molecule has 1 heterocycles. The molecule has 0 aliphatic heterocycles. The molecule has 2 aromatic rings. The third kappa shape index (κ3) is 3.98. The van der Waals surface area contributed by atoms with Crippen molar-refractivity contribution in [1.29, 1.82) is 0 Å². The van der Waals surface area contributed by atoms with Crippen molar-refractivity contribution in [2.24, 2.45) is 11.7 Å². The highest BCUT2D eigenvalue weighted by Gasteiger charge is 2.10. The third-order valence-corrected chi connectivity index (χ3v) is 3.06. The molecule has 2 N–H and O–H groups in total. The molecule has 0 fully saturated rings. The lowest BCUT2D eigenvalue weighted by atomic mass is 10.1. The Morgan fingerprint density at radius 3 is 2.81 bits per heavy atom.